The third-order valence-corrected chi connectivity index (χ3v) is 3.24. The van der Waals surface area contributed by atoms with Gasteiger partial charge in [-0.3, -0.25) is 19.6 Å². The molecule has 0 spiro atoms. The Kier molecular flexibility index (Phi) is 4.40. The molecule has 1 N–H and O–H groups in total. The molecule has 0 aliphatic rings. The molecule has 2 aromatic rings. The normalized spacial score (nSPS) is 10.3. The van der Waals surface area contributed by atoms with Gasteiger partial charge in [0.1, 0.15) is 5.75 Å². The zero-order chi connectivity index (χ0) is 16.3. The summed E-state index contributed by atoms with van der Waals surface area (Å²) < 4.78 is 6.70. The number of amides is 1. The van der Waals surface area contributed by atoms with Gasteiger partial charge >= 0.3 is 0 Å². The van der Waals surface area contributed by atoms with E-state index in [0.717, 1.165) is 5.69 Å². The van der Waals surface area contributed by atoms with Crippen LogP contribution >= 0.6 is 0 Å². The van der Waals surface area contributed by atoms with Crippen molar-refractivity contribution >= 4 is 17.3 Å². The number of aromatic nitrogens is 2. The fraction of sp³-hybridized carbons (Fsp3) is 0.286. The highest BCUT2D eigenvalue weighted by Gasteiger charge is 2.16. The van der Waals surface area contributed by atoms with Gasteiger partial charge in [-0.25, -0.2) is 0 Å². The minimum atomic E-state index is -0.543. The summed E-state index contributed by atoms with van der Waals surface area (Å²) in [5.41, 5.74) is 1.29. The Balaban J connectivity index is 2.29. The summed E-state index contributed by atoms with van der Waals surface area (Å²) in [4.78, 5) is 22.6. The molecule has 0 fully saturated rings. The second-order valence-electron chi connectivity index (χ2n) is 4.59. The molecule has 0 saturated carbocycles. The van der Waals surface area contributed by atoms with Gasteiger partial charge in [-0.05, 0) is 13.8 Å². The molecule has 0 aliphatic heterocycles. The number of nitrogens with one attached hydrogen (secondary N) is 1. The number of rotatable bonds is 5. The molecule has 1 amide bonds. The van der Waals surface area contributed by atoms with Crippen LogP contribution in [0, 0.1) is 17.0 Å². The van der Waals surface area contributed by atoms with E-state index >= 15 is 0 Å². The van der Waals surface area contributed by atoms with Crippen molar-refractivity contribution in [2.75, 3.05) is 12.4 Å². The monoisotopic (exact) mass is 304 g/mol. The average molecular weight is 304 g/mol. The molecule has 0 atom stereocenters. The summed E-state index contributed by atoms with van der Waals surface area (Å²) >= 11 is 0. The smallest absolute Gasteiger partial charge is 0.275 e. The fourth-order valence-corrected chi connectivity index (χ4v) is 2.07. The van der Waals surface area contributed by atoms with E-state index in [-0.39, 0.29) is 11.6 Å². The number of anilines is 1. The molecule has 0 bridgehead atoms. The molecule has 2 rings (SSSR count). The lowest BCUT2D eigenvalue weighted by atomic mass is 10.2. The molecule has 1 heterocycles. The van der Waals surface area contributed by atoms with Crippen LogP contribution in [0.1, 0.15) is 23.0 Å². The zero-order valence-electron chi connectivity index (χ0n) is 12.5. The molecular weight excluding hydrogens is 288 g/mol. The Labute approximate surface area is 126 Å². The first-order valence-corrected chi connectivity index (χ1v) is 6.63. The fourth-order valence-electron chi connectivity index (χ4n) is 2.07. The summed E-state index contributed by atoms with van der Waals surface area (Å²) in [6.45, 7) is 4.37. The van der Waals surface area contributed by atoms with E-state index in [1.807, 2.05) is 6.92 Å². The number of methoxy groups -OCH3 is 1. The molecule has 0 aliphatic carbocycles. The van der Waals surface area contributed by atoms with Gasteiger partial charge in [-0.2, -0.15) is 5.10 Å². The highest BCUT2D eigenvalue weighted by atomic mass is 16.6. The number of non-ortho nitro benzene ring substituents is 1. The highest BCUT2D eigenvalue weighted by Crippen LogP contribution is 2.26. The summed E-state index contributed by atoms with van der Waals surface area (Å²) in [5.74, 6) is -0.0785. The van der Waals surface area contributed by atoms with E-state index in [2.05, 4.69) is 10.4 Å². The van der Waals surface area contributed by atoms with Gasteiger partial charge in [0.15, 0.2) is 0 Å². The lowest BCUT2D eigenvalue weighted by Gasteiger charge is -2.07. The highest BCUT2D eigenvalue weighted by molar-refractivity contribution is 6.05. The van der Waals surface area contributed by atoms with Crippen LogP contribution in [0.5, 0.6) is 5.75 Å². The Morgan fingerprint density at radius 1 is 1.45 bits per heavy atom. The lowest BCUT2D eigenvalue weighted by molar-refractivity contribution is -0.384. The topological polar surface area (TPSA) is 99.3 Å². The van der Waals surface area contributed by atoms with Crippen LogP contribution in [0.4, 0.5) is 11.4 Å². The lowest BCUT2D eigenvalue weighted by Crippen LogP contribution is -2.13. The van der Waals surface area contributed by atoms with Crippen LogP contribution in [-0.2, 0) is 6.54 Å². The maximum Gasteiger partial charge on any atom is 0.275 e. The minimum absolute atomic E-state index is 0.157. The standard InChI is InChI=1S/C14H16N4O4/c1-4-17-9(2)13(8-15-17)14(19)16-10-5-11(18(20)21)7-12(6-10)22-3/h5-8H,4H2,1-3H3,(H,16,19). The second-order valence-corrected chi connectivity index (χ2v) is 4.59. The van der Waals surface area contributed by atoms with Crippen molar-refractivity contribution in [2.45, 2.75) is 20.4 Å². The van der Waals surface area contributed by atoms with E-state index < -0.39 is 4.92 Å². The number of nitrogens with zero attached hydrogens (tertiary/aromatic N) is 3. The van der Waals surface area contributed by atoms with Crippen LogP contribution < -0.4 is 10.1 Å². The number of ether oxygens (including phenoxy) is 1. The van der Waals surface area contributed by atoms with E-state index in [0.29, 0.717) is 23.5 Å². The SMILES string of the molecule is CCn1ncc(C(=O)Nc2cc(OC)cc([N+](=O)[O-])c2)c1C. The van der Waals surface area contributed by atoms with Crippen molar-refractivity contribution in [3.05, 3.63) is 45.8 Å². The quantitative estimate of drug-likeness (QED) is 0.675. The third-order valence-electron chi connectivity index (χ3n) is 3.24. The third kappa shape index (κ3) is 3.05. The summed E-state index contributed by atoms with van der Waals surface area (Å²) in [6.07, 6.45) is 1.47. The van der Waals surface area contributed by atoms with E-state index in [4.69, 9.17) is 4.74 Å². The van der Waals surface area contributed by atoms with Crippen LogP contribution in [0.3, 0.4) is 0 Å². The van der Waals surface area contributed by atoms with Crippen molar-refractivity contribution in [3.63, 3.8) is 0 Å². The molecule has 0 radical (unpaired) electrons. The van der Waals surface area contributed by atoms with Gasteiger partial charge in [0, 0.05) is 24.4 Å². The molecule has 22 heavy (non-hydrogen) atoms. The van der Waals surface area contributed by atoms with Gasteiger partial charge in [0.25, 0.3) is 11.6 Å². The second kappa shape index (κ2) is 6.25. The molecule has 116 valence electrons. The summed E-state index contributed by atoms with van der Waals surface area (Å²) in [6, 6.07) is 4.08. The van der Waals surface area contributed by atoms with Gasteiger partial charge in [0.2, 0.25) is 0 Å². The maximum absolute atomic E-state index is 12.3. The van der Waals surface area contributed by atoms with Crippen molar-refractivity contribution in [1.82, 2.24) is 9.78 Å². The first-order valence-electron chi connectivity index (χ1n) is 6.63. The molecule has 0 saturated heterocycles. The van der Waals surface area contributed by atoms with Crippen LogP contribution in [0.2, 0.25) is 0 Å². The van der Waals surface area contributed by atoms with Crippen LogP contribution in [0.25, 0.3) is 0 Å². The molecule has 1 aromatic carbocycles. The number of hydrogen-bond acceptors (Lipinski definition) is 5. The number of nitro benzene ring substituents is 1. The van der Waals surface area contributed by atoms with E-state index in [9.17, 15) is 14.9 Å². The largest absolute Gasteiger partial charge is 0.496 e. The van der Waals surface area contributed by atoms with Crippen molar-refractivity contribution in [3.8, 4) is 5.75 Å². The summed E-state index contributed by atoms with van der Waals surface area (Å²) in [5, 5.41) is 17.6. The molecule has 8 heteroatoms. The Hall–Kier alpha value is -2.90. The van der Waals surface area contributed by atoms with E-state index in [1.165, 1.54) is 31.5 Å². The van der Waals surface area contributed by atoms with Crippen LogP contribution in [-0.4, -0.2) is 27.7 Å². The predicted molar refractivity (Wildman–Crippen MR) is 80.2 cm³/mol. The maximum atomic E-state index is 12.3. The van der Waals surface area contributed by atoms with Gasteiger partial charge in [-0.1, -0.05) is 0 Å². The van der Waals surface area contributed by atoms with E-state index in [1.54, 1.807) is 11.6 Å². The van der Waals surface area contributed by atoms with Crippen molar-refractivity contribution in [1.29, 1.82) is 0 Å². The number of hydrogen-bond donors (Lipinski definition) is 1. The van der Waals surface area contributed by atoms with Gasteiger partial charge < -0.3 is 10.1 Å². The Morgan fingerprint density at radius 3 is 2.73 bits per heavy atom. The first-order chi connectivity index (χ1) is 10.5. The number of benzene rings is 1. The van der Waals surface area contributed by atoms with Crippen molar-refractivity contribution < 1.29 is 14.5 Å². The predicted octanol–water partition coefficient (Wildman–Crippen LogP) is 2.38. The zero-order valence-corrected chi connectivity index (χ0v) is 12.5. The number of carbonyl (C=O) groups excluding carboxylic acids is 1. The number of nitro groups is 1. The number of carbonyl (C=O) groups is 1. The van der Waals surface area contributed by atoms with Gasteiger partial charge in [0.05, 0.1) is 35.5 Å². The molecular formula is C14H16N4O4. The minimum Gasteiger partial charge on any atom is -0.496 e. The summed E-state index contributed by atoms with van der Waals surface area (Å²) in [7, 11) is 1.40. The van der Waals surface area contributed by atoms with Crippen molar-refractivity contribution in [2.24, 2.45) is 0 Å². The molecule has 8 nitrogen and oxygen atoms in total. The van der Waals surface area contributed by atoms with Crippen LogP contribution in [0.15, 0.2) is 24.4 Å². The Morgan fingerprint density at radius 2 is 2.18 bits per heavy atom. The number of aryl methyl sites for hydroxylation is 1. The van der Waals surface area contributed by atoms with Gasteiger partial charge in [-0.15, -0.1) is 0 Å². The Bertz CT molecular complexity index is 724. The average Bonchev–Trinajstić information content (AvgIpc) is 2.87. The molecule has 0 unspecified atom stereocenters. The molecule has 1 aromatic heterocycles. The first kappa shape index (κ1) is 15.5.